The van der Waals surface area contributed by atoms with Crippen LogP contribution in [0.4, 0.5) is 11.5 Å². The Hall–Kier alpha value is -3.60. The van der Waals surface area contributed by atoms with Crippen molar-refractivity contribution >= 4 is 43.1 Å². The molecule has 3 heterocycles. The third-order valence-electron chi connectivity index (χ3n) is 5.10. The van der Waals surface area contributed by atoms with Crippen LogP contribution >= 0.6 is 15.9 Å². The van der Waals surface area contributed by atoms with E-state index in [1.807, 2.05) is 42.5 Å². The van der Waals surface area contributed by atoms with Gasteiger partial charge in [0, 0.05) is 23.5 Å². The second kappa shape index (κ2) is 9.34. The Balaban J connectivity index is 1.40. The molecule has 170 valence electrons. The van der Waals surface area contributed by atoms with Gasteiger partial charge in [0.05, 0.1) is 33.5 Å². The molecule has 0 spiro atoms. The van der Waals surface area contributed by atoms with Crippen LogP contribution in [-0.2, 0) is 16.6 Å². The van der Waals surface area contributed by atoms with Gasteiger partial charge >= 0.3 is 0 Å². The number of fused-ring (bicyclic) bond motifs is 1. The lowest BCUT2D eigenvalue weighted by Crippen LogP contribution is -2.23. The highest BCUT2D eigenvalue weighted by Crippen LogP contribution is 2.28. The summed E-state index contributed by atoms with van der Waals surface area (Å²) in [5.41, 5.74) is 3.78. The molecule has 0 bridgehead atoms. The highest BCUT2D eigenvalue weighted by molar-refractivity contribution is 9.10. The molecule has 0 saturated carbocycles. The van der Waals surface area contributed by atoms with Crippen LogP contribution in [0.1, 0.15) is 5.69 Å². The van der Waals surface area contributed by atoms with Gasteiger partial charge < -0.3 is 5.32 Å². The first-order valence-electron chi connectivity index (χ1n) is 10.4. The summed E-state index contributed by atoms with van der Waals surface area (Å²) in [6.45, 7) is 0.120. The maximum Gasteiger partial charge on any atom is 0.240 e. The summed E-state index contributed by atoms with van der Waals surface area (Å²) in [6, 6.07) is 23.7. The lowest BCUT2D eigenvalue weighted by molar-refractivity contribution is 0.580. The van der Waals surface area contributed by atoms with Crippen molar-refractivity contribution in [1.82, 2.24) is 24.3 Å². The average Bonchev–Trinajstić information content (AvgIpc) is 3.25. The van der Waals surface area contributed by atoms with Crippen LogP contribution in [-0.4, -0.2) is 28.0 Å². The van der Waals surface area contributed by atoms with E-state index in [2.05, 4.69) is 36.1 Å². The Kier molecular flexibility index (Phi) is 6.10. The Morgan fingerprint density at radius 1 is 0.941 bits per heavy atom. The summed E-state index contributed by atoms with van der Waals surface area (Å²) < 4.78 is 30.4. The number of nitrogens with one attached hydrogen (secondary N) is 2. The predicted molar refractivity (Wildman–Crippen MR) is 134 cm³/mol. The zero-order chi connectivity index (χ0) is 23.5. The molecule has 5 rings (SSSR count). The highest BCUT2D eigenvalue weighted by atomic mass is 79.9. The van der Waals surface area contributed by atoms with Crippen LogP contribution in [0.3, 0.4) is 0 Å². The van der Waals surface area contributed by atoms with Gasteiger partial charge in [-0.1, -0.05) is 36.4 Å². The van der Waals surface area contributed by atoms with Crippen LogP contribution in [0.5, 0.6) is 0 Å². The Morgan fingerprint density at radius 3 is 2.44 bits per heavy atom. The molecule has 0 unspecified atom stereocenters. The maximum atomic E-state index is 12.7. The first-order valence-corrected chi connectivity index (χ1v) is 12.6. The second-order valence-corrected chi connectivity index (χ2v) is 10.0. The molecule has 10 heteroatoms. The van der Waals surface area contributed by atoms with Crippen molar-refractivity contribution in [3.05, 3.63) is 101 Å². The lowest BCUT2D eigenvalue weighted by atomic mass is 10.1. The minimum atomic E-state index is -3.67. The summed E-state index contributed by atoms with van der Waals surface area (Å²) >= 11 is 3.50. The SMILES string of the molecule is O=S(=O)(NCc1ccccn1)c1ccc(Nc2cc(-c3ccccc3)nc3c(Br)cnn23)cc1. The van der Waals surface area contributed by atoms with E-state index >= 15 is 0 Å². The molecule has 0 atom stereocenters. The maximum absolute atomic E-state index is 12.7. The van der Waals surface area contributed by atoms with Crippen LogP contribution in [0.2, 0.25) is 0 Å². The third kappa shape index (κ3) is 4.69. The topological polar surface area (TPSA) is 101 Å². The fourth-order valence-corrected chi connectivity index (χ4v) is 4.75. The molecule has 2 aromatic carbocycles. The van der Waals surface area contributed by atoms with Crippen molar-refractivity contribution in [2.24, 2.45) is 0 Å². The largest absolute Gasteiger partial charge is 0.340 e. The first kappa shape index (κ1) is 22.2. The Bertz CT molecular complexity index is 1540. The third-order valence-corrected chi connectivity index (χ3v) is 7.08. The smallest absolute Gasteiger partial charge is 0.240 e. The van der Waals surface area contributed by atoms with Crippen LogP contribution < -0.4 is 10.0 Å². The minimum Gasteiger partial charge on any atom is -0.340 e. The van der Waals surface area contributed by atoms with Crippen molar-refractivity contribution in [3.8, 4) is 11.3 Å². The van der Waals surface area contributed by atoms with Gasteiger partial charge in [-0.2, -0.15) is 9.61 Å². The normalized spacial score (nSPS) is 11.6. The van der Waals surface area contributed by atoms with Gasteiger partial charge in [0.15, 0.2) is 5.65 Å². The van der Waals surface area contributed by atoms with Gasteiger partial charge in [-0.05, 0) is 52.3 Å². The molecule has 0 fully saturated rings. The summed E-state index contributed by atoms with van der Waals surface area (Å²) in [5.74, 6) is 0.693. The lowest BCUT2D eigenvalue weighted by Gasteiger charge is -2.12. The van der Waals surface area contributed by atoms with Crippen LogP contribution in [0, 0.1) is 0 Å². The van der Waals surface area contributed by atoms with Gasteiger partial charge in [0.1, 0.15) is 5.82 Å². The average molecular weight is 535 g/mol. The van der Waals surface area contributed by atoms with Crippen molar-refractivity contribution in [2.75, 3.05) is 5.32 Å². The zero-order valence-corrected chi connectivity index (χ0v) is 20.2. The number of sulfonamides is 1. The number of benzene rings is 2. The number of hydrogen-bond acceptors (Lipinski definition) is 6. The summed E-state index contributed by atoms with van der Waals surface area (Å²) in [7, 11) is -3.67. The van der Waals surface area contributed by atoms with Crippen molar-refractivity contribution < 1.29 is 8.42 Å². The number of hydrogen-bond donors (Lipinski definition) is 2. The first-order chi connectivity index (χ1) is 16.5. The number of nitrogens with zero attached hydrogens (tertiary/aromatic N) is 4. The fraction of sp³-hybridized carbons (Fsp3) is 0.0417. The Labute approximate surface area is 204 Å². The molecule has 8 nitrogen and oxygen atoms in total. The molecular weight excluding hydrogens is 516 g/mol. The van der Waals surface area contributed by atoms with E-state index in [4.69, 9.17) is 4.98 Å². The van der Waals surface area contributed by atoms with E-state index in [1.54, 1.807) is 53.3 Å². The Morgan fingerprint density at radius 2 is 1.71 bits per heavy atom. The molecule has 0 aliphatic rings. The van der Waals surface area contributed by atoms with Crippen molar-refractivity contribution in [2.45, 2.75) is 11.4 Å². The summed E-state index contributed by atoms with van der Waals surface area (Å²) in [5, 5.41) is 7.71. The molecular formula is C24H19BrN6O2S. The van der Waals surface area contributed by atoms with E-state index in [9.17, 15) is 8.42 Å². The van der Waals surface area contributed by atoms with Crippen molar-refractivity contribution in [3.63, 3.8) is 0 Å². The highest BCUT2D eigenvalue weighted by Gasteiger charge is 2.15. The van der Waals surface area contributed by atoms with E-state index in [1.165, 1.54) is 0 Å². The monoisotopic (exact) mass is 534 g/mol. The van der Waals surface area contributed by atoms with Crippen molar-refractivity contribution in [1.29, 1.82) is 0 Å². The molecule has 0 aliphatic heterocycles. The van der Waals surface area contributed by atoms with Gasteiger partial charge in [0.2, 0.25) is 10.0 Å². The fourth-order valence-electron chi connectivity index (χ4n) is 3.40. The quantitative estimate of drug-likeness (QED) is 0.311. The van der Waals surface area contributed by atoms with E-state index in [-0.39, 0.29) is 11.4 Å². The van der Waals surface area contributed by atoms with Crippen LogP contribution in [0.25, 0.3) is 16.9 Å². The van der Waals surface area contributed by atoms with Gasteiger partial charge in [-0.3, -0.25) is 4.98 Å². The standard InChI is InChI=1S/C24H19BrN6O2S/c25-21-16-27-31-23(14-22(30-24(21)31)17-6-2-1-3-7-17)29-18-9-11-20(12-10-18)34(32,33)28-15-19-8-4-5-13-26-19/h1-14,16,28-29H,15H2. The van der Waals surface area contributed by atoms with E-state index in [0.29, 0.717) is 22.8 Å². The molecule has 0 saturated heterocycles. The molecule has 34 heavy (non-hydrogen) atoms. The molecule has 5 aromatic rings. The van der Waals surface area contributed by atoms with Crippen LogP contribution in [0.15, 0.2) is 101 Å². The van der Waals surface area contributed by atoms with E-state index < -0.39 is 10.0 Å². The number of halogens is 1. The molecule has 3 aromatic heterocycles. The minimum absolute atomic E-state index is 0.120. The number of aromatic nitrogens is 4. The predicted octanol–water partition coefficient (Wildman–Crippen LogP) is 4.78. The molecule has 0 amide bonds. The molecule has 0 radical (unpaired) electrons. The zero-order valence-electron chi connectivity index (χ0n) is 17.8. The number of rotatable bonds is 7. The molecule has 2 N–H and O–H groups in total. The summed E-state index contributed by atoms with van der Waals surface area (Å²) in [4.78, 5) is 9.03. The van der Waals surface area contributed by atoms with Gasteiger partial charge in [-0.25, -0.2) is 18.1 Å². The van der Waals surface area contributed by atoms with Gasteiger partial charge in [-0.15, -0.1) is 0 Å². The summed E-state index contributed by atoms with van der Waals surface area (Å²) in [6.07, 6.45) is 3.31. The number of pyridine rings is 1. The van der Waals surface area contributed by atoms with E-state index in [0.717, 1.165) is 15.7 Å². The molecule has 0 aliphatic carbocycles. The van der Waals surface area contributed by atoms with Gasteiger partial charge in [0.25, 0.3) is 0 Å². The number of anilines is 2. The second-order valence-electron chi connectivity index (χ2n) is 7.42.